The van der Waals surface area contributed by atoms with E-state index in [1.54, 1.807) is 22.4 Å². The summed E-state index contributed by atoms with van der Waals surface area (Å²) in [6, 6.07) is 17.7. The molecule has 0 radical (unpaired) electrons. The van der Waals surface area contributed by atoms with Crippen LogP contribution in [0.4, 0.5) is 0 Å². The lowest BCUT2D eigenvalue weighted by Crippen LogP contribution is -2.21. The minimum absolute atomic E-state index is 0.0974. The van der Waals surface area contributed by atoms with Gasteiger partial charge in [-0.05, 0) is 41.8 Å². The van der Waals surface area contributed by atoms with Gasteiger partial charge in [-0.3, -0.25) is 4.79 Å². The van der Waals surface area contributed by atoms with Crippen LogP contribution in [0, 0.1) is 0 Å². The number of rotatable bonds is 6. The van der Waals surface area contributed by atoms with Crippen molar-refractivity contribution in [3.8, 4) is 11.1 Å². The Bertz CT molecular complexity index is 1750. The number of benzene rings is 2. The summed E-state index contributed by atoms with van der Waals surface area (Å²) in [5.41, 5.74) is 6.16. The first-order valence-electron chi connectivity index (χ1n) is 11.3. The number of aromatic nitrogens is 5. The number of pyridine rings is 1. The molecule has 0 aliphatic heterocycles. The van der Waals surface area contributed by atoms with Gasteiger partial charge in [-0.1, -0.05) is 41.9 Å². The first kappa shape index (κ1) is 21.6. The minimum atomic E-state index is -0.0974. The molecule has 2 aromatic carbocycles. The third-order valence-electron chi connectivity index (χ3n) is 6.35. The van der Waals surface area contributed by atoms with Crippen LogP contribution < -0.4 is 5.56 Å². The summed E-state index contributed by atoms with van der Waals surface area (Å²) in [4.78, 5) is 21.3. The lowest BCUT2D eigenvalue weighted by molar-refractivity contribution is 0.181. The molecule has 0 aliphatic carbocycles. The molecule has 6 aromatic rings. The van der Waals surface area contributed by atoms with Crippen LogP contribution in [-0.4, -0.2) is 31.3 Å². The fourth-order valence-electron chi connectivity index (χ4n) is 4.67. The van der Waals surface area contributed by atoms with Crippen LogP contribution in [0.2, 0.25) is 5.02 Å². The monoisotopic (exact) mass is 483 g/mol. The predicted octanol–water partition coefficient (Wildman–Crippen LogP) is 5.24. The van der Waals surface area contributed by atoms with Crippen molar-refractivity contribution in [2.75, 3.05) is 7.11 Å². The molecule has 1 N–H and O–H groups in total. The summed E-state index contributed by atoms with van der Waals surface area (Å²) in [6.45, 7) is 0.885. The molecule has 0 bridgehead atoms. The van der Waals surface area contributed by atoms with Gasteiger partial charge in [0.05, 0.1) is 28.8 Å². The second kappa shape index (κ2) is 8.69. The van der Waals surface area contributed by atoms with E-state index in [9.17, 15) is 4.79 Å². The van der Waals surface area contributed by atoms with Gasteiger partial charge in [0.1, 0.15) is 0 Å². The average Bonchev–Trinajstić information content (AvgIpc) is 3.45. The van der Waals surface area contributed by atoms with Crippen molar-refractivity contribution in [3.05, 3.63) is 99.8 Å². The average molecular weight is 484 g/mol. The first-order valence-corrected chi connectivity index (χ1v) is 11.7. The van der Waals surface area contributed by atoms with Gasteiger partial charge >= 0.3 is 0 Å². The summed E-state index contributed by atoms with van der Waals surface area (Å²) in [5, 5.41) is 7.06. The Labute approximate surface area is 205 Å². The predicted molar refractivity (Wildman–Crippen MR) is 138 cm³/mol. The van der Waals surface area contributed by atoms with Crippen LogP contribution in [0.15, 0.2) is 78.0 Å². The minimum Gasteiger partial charge on any atom is -0.378 e. The van der Waals surface area contributed by atoms with Crippen molar-refractivity contribution in [2.24, 2.45) is 0 Å². The van der Waals surface area contributed by atoms with E-state index in [0.29, 0.717) is 35.6 Å². The number of aromatic amines is 1. The van der Waals surface area contributed by atoms with Crippen LogP contribution >= 0.6 is 11.6 Å². The molecule has 8 heteroatoms. The molecule has 4 aromatic heterocycles. The Hall–Kier alpha value is -3.94. The number of hydrogen-bond acceptors (Lipinski definition) is 4. The van der Waals surface area contributed by atoms with Crippen LogP contribution in [0.1, 0.15) is 11.3 Å². The molecule has 0 amide bonds. The Kier molecular flexibility index (Phi) is 5.36. The Morgan fingerprint density at radius 3 is 2.77 bits per heavy atom. The second-order valence-corrected chi connectivity index (χ2v) is 8.92. The molecule has 174 valence electrons. The normalized spacial score (nSPS) is 11.7. The van der Waals surface area contributed by atoms with Gasteiger partial charge in [0.25, 0.3) is 5.56 Å². The number of methoxy groups -OCH3 is 1. The molecular weight excluding hydrogens is 462 g/mol. The molecular formula is C27H22ClN5O2. The first-order chi connectivity index (χ1) is 17.1. The van der Waals surface area contributed by atoms with Gasteiger partial charge in [-0.15, -0.1) is 0 Å². The summed E-state index contributed by atoms with van der Waals surface area (Å²) in [7, 11) is 1.64. The van der Waals surface area contributed by atoms with Gasteiger partial charge in [0.2, 0.25) is 0 Å². The quantitative estimate of drug-likeness (QED) is 0.351. The smallest absolute Gasteiger partial charge is 0.261 e. The third kappa shape index (κ3) is 3.69. The largest absolute Gasteiger partial charge is 0.378 e. The molecule has 4 heterocycles. The Morgan fingerprint density at radius 1 is 1.09 bits per heavy atom. The number of ether oxygens (including phenoxy) is 1. The van der Waals surface area contributed by atoms with Crippen LogP contribution in [0.3, 0.4) is 0 Å². The Morgan fingerprint density at radius 2 is 1.94 bits per heavy atom. The van der Waals surface area contributed by atoms with E-state index in [1.807, 2.05) is 67.0 Å². The van der Waals surface area contributed by atoms with Gasteiger partial charge in [0, 0.05) is 48.2 Å². The summed E-state index contributed by atoms with van der Waals surface area (Å²) < 4.78 is 8.87. The van der Waals surface area contributed by atoms with Crippen molar-refractivity contribution >= 4 is 39.1 Å². The zero-order chi connectivity index (χ0) is 23.9. The van der Waals surface area contributed by atoms with Crippen molar-refractivity contribution in [1.82, 2.24) is 24.1 Å². The van der Waals surface area contributed by atoms with Gasteiger partial charge in [0.15, 0.2) is 5.65 Å². The topological polar surface area (TPSA) is 77.2 Å². The summed E-state index contributed by atoms with van der Waals surface area (Å²) in [6.07, 6.45) is 6.15. The van der Waals surface area contributed by atoms with Gasteiger partial charge < -0.3 is 14.3 Å². The lowest BCUT2D eigenvalue weighted by Gasteiger charge is -2.08. The SMILES string of the molecule is COCc1nn2c(ncc3c(=O)n(CCc4c[nH]c5ccc(Cl)cc45)ccc32)c1-c1ccccc1. The highest BCUT2D eigenvalue weighted by molar-refractivity contribution is 6.31. The molecule has 0 aliphatic rings. The van der Waals surface area contributed by atoms with Crippen LogP contribution in [0.5, 0.6) is 0 Å². The maximum Gasteiger partial charge on any atom is 0.261 e. The van der Waals surface area contributed by atoms with Gasteiger partial charge in [-0.25, -0.2) is 9.50 Å². The van der Waals surface area contributed by atoms with Crippen LogP contribution in [-0.2, 0) is 24.3 Å². The standard InChI is InChI=1S/C27H22ClN5O2/c1-35-16-23-25(17-5-3-2-4-6-17)26-30-15-21-24(33(26)31-23)10-12-32(27(21)34)11-9-18-14-29-22-8-7-19(28)13-20(18)22/h2-8,10,12-15,29H,9,11,16H2,1H3. The number of halogens is 1. The van der Waals surface area contributed by atoms with Gasteiger partial charge in [-0.2, -0.15) is 5.10 Å². The van der Waals surface area contributed by atoms with Crippen molar-refractivity contribution in [2.45, 2.75) is 19.6 Å². The van der Waals surface area contributed by atoms with Crippen molar-refractivity contribution in [3.63, 3.8) is 0 Å². The van der Waals surface area contributed by atoms with E-state index >= 15 is 0 Å². The maximum atomic E-state index is 13.4. The number of H-pyrrole nitrogens is 1. The molecule has 0 fully saturated rings. The highest BCUT2D eigenvalue weighted by atomic mass is 35.5. The lowest BCUT2D eigenvalue weighted by atomic mass is 10.1. The summed E-state index contributed by atoms with van der Waals surface area (Å²) >= 11 is 6.18. The number of nitrogens with one attached hydrogen (secondary N) is 1. The van der Waals surface area contributed by atoms with E-state index in [-0.39, 0.29) is 5.56 Å². The zero-order valence-electron chi connectivity index (χ0n) is 19.0. The zero-order valence-corrected chi connectivity index (χ0v) is 19.8. The molecule has 0 saturated heterocycles. The highest BCUT2D eigenvalue weighted by Crippen LogP contribution is 2.29. The molecule has 0 spiro atoms. The number of fused-ring (bicyclic) bond motifs is 4. The van der Waals surface area contributed by atoms with Crippen LogP contribution in [0.25, 0.3) is 38.6 Å². The summed E-state index contributed by atoms with van der Waals surface area (Å²) in [5.74, 6) is 0. The van der Waals surface area contributed by atoms with E-state index in [0.717, 1.165) is 38.8 Å². The molecule has 6 rings (SSSR count). The molecule has 0 atom stereocenters. The molecule has 0 unspecified atom stereocenters. The fraction of sp³-hybridized carbons (Fsp3) is 0.148. The highest BCUT2D eigenvalue weighted by Gasteiger charge is 2.18. The molecule has 35 heavy (non-hydrogen) atoms. The number of aryl methyl sites for hydroxylation is 2. The van der Waals surface area contributed by atoms with Crippen molar-refractivity contribution in [1.29, 1.82) is 0 Å². The maximum absolute atomic E-state index is 13.4. The Balaban J connectivity index is 1.41. The van der Waals surface area contributed by atoms with E-state index in [2.05, 4.69) is 9.97 Å². The van der Waals surface area contributed by atoms with E-state index in [1.165, 1.54) is 0 Å². The molecule has 7 nitrogen and oxygen atoms in total. The fourth-order valence-corrected chi connectivity index (χ4v) is 4.84. The van der Waals surface area contributed by atoms with E-state index in [4.69, 9.17) is 21.4 Å². The number of hydrogen-bond donors (Lipinski definition) is 1. The molecule has 0 saturated carbocycles. The number of nitrogens with zero attached hydrogens (tertiary/aromatic N) is 4. The van der Waals surface area contributed by atoms with E-state index < -0.39 is 0 Å². The third-order valence-corrected chi connectivity index (χ3v) is 6.59. The second-order valence-electron chi connectivity index (χ2n) is 8.48. The van der Waals surface area contributed by atoms with Crippen molar-refractivity contribution < 1.29 is 4.74 Å².